The van der Waals surface area contributed by atoms with Crippen molar-refractivity contribution in [1.29, 1.82) is 0 Å². The molecule has 1 aliphatic rings. The molecule has 0 aliphatic carbocycles. The normalized spacial score (nSPS) is 14.8. The number of hydrogen-bond donors (Lipinski definition) is 1. The quantitative estimate of drug-likeness (QED) is 0.402. The number of aryl methyl sites for hydroxylation is 1. The molecule has 0 bridgehead atoms. The number of carbonyl (C=O) groups excluding carboxylic acids is 1. The number of carbonyl (C=O) groups is 1. The van der Waals surface area contributed by atoms with E-state index in [1.54, 1.807) is 7.11 Å². The molecule has 0 saturated carbocycles. The van der Waals surface area contributed by atoms with Gasteiger partial charge in [0.05, 0.1) is 24.7 Å². The largest absolute Gasteiger partial charge is 0.497 e. The van der Waals surface area contributed by atoms with Crippen LogP contribution in [0.1, 0.15) is 29.8 Å². The number of rotatable bonds is 7. The Morgan fingerprint density at radius 2 is 1.69 bits per heavy atom. The first-order chi connectivity index (χ1) is 17.1. The summed E-state index contributed by atoms with van der Waals surface area (Å²) < 4.78 is 7.62. The van der Waals surface area contributed by atoms with Gasteiger partial charge in [-0.2, -0.15) is 0 Å². The van der Waals surface area contributed by atoms with Crippen molar-refractivity contribution in [2.75, 3.05) is 25.5 Å². The highest BCUT2D eigenvalue weighted by molar-refractivity contribution is 5.92. The lowest BCUT2D eigenvalue weighted by Crippen LogP contribution is -2.38. The van der Waals surface area contributed by atoms with Crippen molar-refractivity contribution in [3.8, 4) is 5.75 Å². The number of nitrogens with one attached hydrogen (secondary N) is 1. The molecule has 1 aromatic heterocycles. The zero-order valence-electron chi connectivity index (χ0n) is 20.4. The van der Waals surface area contributed by atoms with Gasteiger partial charge in [0.2, 0.25) is 5.91 Å². The summed E-state index contributed by atoms with van der Waals surface area (Å²) in [6.45, 7) is 5.36. The minimum atomic E-state index is 0.0469. The fourth-order valence-electron chi connectivity index (χ4n) is 4.77. The van der Waals surface area contributed by atoms with E-state index in [4.69, 9.17) is 9.72 Å². The topological polar surface area (TPSA) is 59.4 Å². The Bertz CT molecular complexity index is 1290. The van der Waals surface area contributed by atoms with Gasteiger partial charge in [-0.3, -0.25) is 9.69 Å². The number of fused-ring (bicyclic) bond motifs is 1. The van der Waals surface area contributed by atoms with Gasteiger partial charge in [0.1, 0.15) is 11.6 Å². The Kier molecular flexibility index (Phi) is 6.82. The monoisotopic (exact) mass is 468 g/mol. The second-order valence-electron chi connectivity index (χ2n) is 9.36. The van der Waals surface area contributed by atoms with E-state index in [-0.39, 0.29) is 11.8 Å². The average Bonchev–Trinajstić information content (AvgIpc) is 3.23. The number of benzene rings is 3. The Morgan fingerprint density at radius 1 is 0.971 bits per heavy atom. The zero-order chi connectivity index (χ0) is 24.2. The Labute approximate surface area is 206 Å². The maximum Gasteiger partial charge on any atom is 0.227 e. The lowest BCUT2D eigenvalue weighted by Gasteiger charge is -2.31. The molecule has 0 unspecified atom stereocenters. The van der Waals surface area contributed by atoms with E-state index < -0.39 is 0 Å². The van der Waals surface area contributed by atoms with E-state index in [1.807, 2.05) is 49.4 Å². The Balaban J connectivity index is 1.25. The summed E-state index contributed by atoms with van der Waals surface area (Å²) in [5.41, 5.74) is 5.43. The molecule has 1 aliphatic heterocycles. The van der Waals surface area contributed by atoms with Crippen molar-refractivity contribution in [3.63, 3.8) is 0 Å². The molecule has 6 heteroatoms. The minimum absolute atomic E-state index is 0.0469. The van der Waals surface area contributed by atoms with Crippen LogP contribution in [-0.2, 0) is 17.9 Å². The number of para-hydroxylation sites is 2. The summed E-state index contributed by atoms with van der Waals surface area (Å²) in [6.07, 6.45) is 1.72. The number of piperidine rings is 1. The number of anilines is 1. The molecule has 1 N–H and O–H groups in total. The predicted octanol–water partition coefficient (Wildman–Crippen LogP) is 5.25. The van der Waals surface area contributed by atoms with E-state index >= 15 is 0 Å². The van der Waals surface area contributed by atoms with Crippen molar-refractivity contribution in [1.82, 2.24) is 14.5 Å². The molecular weight excluding hydrogens is 436 g/mol. The number of nitrogens with zero attached hydrogens (tertiary/aromatic N) is 3. The molecule has 1 fully saturated rings. The number of likely N-dealkylation sites (tertiary alicyclic amines) is 1. The number of aromatic nitrogens is 2. The van der Waals surface area contributed by atoms with Crippen LogP contribution in [-0.4, -0.2) is 40.6 Å². The Morgan fingerprint density at radius 3 is 2.40 bits per heavy atom. The molecular formula is C29H32N4O2. The van der Waals surface area contributed by atoms with Crippen LogP contribution < -0.4 is 10.1 Å². The third-order valence-electron chi connectivity index (χ3n) is 6.88. The molecule has 4 aromatic rings. The molecule has 6 nitrogen and oxygen atoms in total. The highest BCUT2D eigenvalue weighted by Gasteiger charge is 2.26. The highest BCUT2D eigenvalue weighted by Crippen LogP contribution is 2.24. The van der Waals surface area contributed by atoms with Gasteiger partial charge in [-0.25, -0.2) is 4.98 Å². The van der Waals surface area contributed by atoms with Crippen molar-refractivity contribution >= 4 is 22.6 Å². The van der Waals surface area contributed by atoms with Crippen molar-refractivity contribution in [2.24, 2.45) is 5.92 Å². The average molecular weight is 469 g/mol. The molecule has 0 radical (unpaired) electrons. The third-order valence-corrected chi connectivity index (χ3v) is 6.88. The van der Waals surface area contributed by atoms with Gasteiger partial charge in [-0.1, -0.05) is 42.0 Å². The van der Waals surface area contributed by atoms with E-state index in [0.717, 1.165) is 67.3 Å². The molecule has 0 atom stereocenters. The molecule has 1 saturated heterocycles. The summed E-state index contributed by atoms with van der Waals surface area (Å²) >= 11 is 0. The van der Waals surface area contributed by atoms with Gasteiger partial charge in [0.15, 0.2) is 0 Å². The second-order valence-corrected chi connectivity index (χ2v) is 9.36. The van der Waals surface area contributed by atoms with Crippen molar-refractivity contribution in [3.05, 3.63) is 89.7 Å². The van der Waals surface area contributed by atoms with E-state index in [2.05, 4.69) is 45.1 Å². The molecule has 35 heavy (non-hydrogen) atoms. The van der Waals surface area contributed by atoms with Gasteiger partial charge >= 0.3 is 0 Å². The molecule has 5 rings (SSSR count). The summed E-state index contributed by atoms with van der Waals surface area (Å²) in [7, 11) is 1.69. The number of imidazole rings is 1. The van der Waals surface area contributed by atoms with Crippen molar-refractivity contribution < 1.29 is 9.53 Å². The Hall–Kier alpha value is -3.64. The number of methoxy groups -OCH3 is 1. The van der Waals surface area contributed by atoms with Crippen LogP contribution in [0.2, 0.25) is 0 Å². The van der Waals surface area contributed by atoms with E-state index in [9.17, 15) is 4.79 Å². The first-order valence-electron chi connectivity index (χ1n) is 12.3. The van der Waals surface area contributed by atoms with Gasteiger partial charge < -0.3 is 14.6 Å². The van der Waals surface area contributed by atoms with E-state index in [1.165, 1.54) is 11.1 Å². The van der Waals surface area contributed by atoms with E-state index in [0.29, 0.717) is 0 Å². The van der Waals surface area contributed by atoms with Gasteiger partial charge in [0.25, 0.3) is 0 Å². The van der Waals surface area contributed by atoms with Crippen LogP contribution in [0.5, 0.6) is 5.75 Å². The van der Waals surface area contributed by atoms with Crippen LogP contribution in [0.15, 0.2) is 72.8 Å². The first-order valence-corrected chi connectivity index (χ1v) is 12.3. The van der Waals surface area contributed by atoms with Crippen LogP contribution in [0.4, 0.5) is 5.69 Å². The van der Waals surface area contributed by atoms with Crippen LogP contribution in [0, 0.1) is 12.8 Å². The molecule has 180 valence electrons. The predicted molar refractivity (Wildman–Crippen MR) is 140 cm³/mol. The molecule has 1 amide bonds. The molecule has 0 spiro atoms. The van der Waals surface area contributed by atoms with Crippen LogP contribution in [0.3, 0.4) is 0 Å². The third kappa shape index (κ3) is 5.38. The van der Waals surface area contributed by atoms with Crippen molar-refractivity contribution in [2.45, 2.75) is 32.9 Å². The first kappa shape index (κ1) is 23.1. The lowest BCUT2D eigenvalue weighted by molar-refractivity contribution is -0.121. The minimum Gasteiger partial charge on any atom is -0.497 e. The summed E-state index contributed by atoms with van der Waals surface area (Å²) in [5, 5.41) is 3.08. The maximum absolute atomic E-state index is 12.8. The fourth-order valence-corrected chi connectivity index (χ4v) is 4.77. The zero-order valence-corrected chi connectivity index (χ0v) is 20.4. The highest BCUT2D eigenvalue weighted by atomic mass is 16.5. The number of ether oxygens (including phenoxy) is 1. The summed E-state index contributed by atoms with van der Waals surface area (Å²) in [6, 6.07) is 24.5. The van der Waals surface area contributed by atoms with Gasteiger partial charge in [-0.15, -0.1) is 0 Å². The smallest absolute Gasteiger partial charge is 0.227 e. The summed E-state index contributed by atoms with van der Waals surface area (Å²) in [4.78, 5) is 20.2. The van der Waals surface area contributed by atoms with Crippen LogP contribution in [0.25, 0.3) is 11.0 Å². The van der Waals surface area contributed by atoms with Gasteiger partial charge in [-0.05, 0) is 74.8 Å². The molecule has 2 heterocycles. The lowest BCUT2D eigenvalue weighted by atomic mass is 9.95. The number of hydrogen-bond acceptors (Lipinski definition) is 4. The molecule has 3 aromatic carbocycles. The summed E-state index contributed by atoms with van der Waals surface area (Å²) in [5.74, 6) is 2.09. The maximum atomic E-state index is 12.8. The fraction of sp³-hybridized carbons (Fsp3) is 0.310. The second kappa shape index (κ2) is 10.3. The SMILES string of the molecule is COc1ccc(Cn2c(CN3CCC(C(=O)Nc4ccc(C)cc4)CC3)nc3ccccc32)cc1. The van der Waals surface area contributed by atoms with Gasteiger partial charge in [0, 0.05) is 18.2 Å². The number of amides is 1. The van der Waals surface area contributed by atoms with Crippen LogP contribution >= 0.6 is 0 Å². The standard InChI is InChI=1S/C29H32N4O2/c1-21-7-11-24(12-8-21)30-29(34)23-15-17-32(18-16-23)20-28-31-26-5-3-4-6-27(26)33(28)19-22-9-13-25(35-2)14-10-22/h3-14,23H,15-20H2,1-2H3,(H,30,34).